The Bertz CT molecular complexity index is 2190. The van der Waals surface area contributed by atoms with Crippen LogP contribution >= 0.6 is 63.1 Å². The van der Waals surface area contributed by atoms with Crippen molar-refractivity contribution in [2.45, 2.75) is 378 Å². The predicted octanol–water partition coefficient (Wildman–Crippen LogP) is 31.9. The Morgan fingerprint density at radius 1 is 0.190 bits per heavy atom. The zero-order valence-electron chi connectivity index (χ0n) is 63.4. The molecule has 0 bridgehead atoms. The Morgan fingerprint density at radius 2 is 0.320 bits per heavy atom. The average Bonchev–Trinajstić information content (AvgIpc) is 0.924. The van der Waals surface area contributed by atoms with Gasteiger partial charge in [0.15, 0.2) is 0 Å². The zero-order valence-corrected chi connectivity index (χ0v) is 67.9. The smallest absolute Gasteiger partial charge is 0.00401 e. The first-order chi connectivity index (χ1) is 46.5. The van der Waals surface area contributed by atoms with Crippen molar-refractivity contribution >= 4 is 63.1 Å². The molecule has 5 aliphatic rings. The molecule has 0 heterocycles. The average molecular weight is 1480 g/mol. The highest BCUT2D eigenvalue weighted by atomic mass is 32.1. The molecule has 0 saturated heterocycles. The number of halogens is 5. The lowest BCUT2D eigenvalue weighted by Gasteiger charge is -2.29. The minimum Gasteiger partial charge on any atom is -0.269 e. The molecule has 10 heteroatoms. The lowest BCUT2D eigenvalue weighted by Crippen LogP contribution is -2.13. The van der Waals surface area contributed by atoms with E-state index < -0.39 is 0 Å². The van der Waals surface area contributed by atoms with Gasteiger partial charge in [-0.15, -0.1) is 63.1 Å². The molecule has 0 N–H and O–H groups in total. The second-order valence-electron chi connectivity index (χ2n) is 30.8. The van der Waals surface area contributed by atoms with Crippen molar-refractivity contribution in [1.29, 1.82) is 0 Å². The van der Waals surface area contributed by atoms with Crippen LogP contribution in [0.3, 0.4) is 0 Å². The number of hydrogen-bond donors (Lipinski definition) is 5. The molecule has 5 aromatic carbocycles. The van der Waals surface area contributed by atoms with Gasteiger partial charge in [0.1, 0.15) is 0 Å². The van der Waals surface area contributed by atoms with Gasteiger partial charge in [-0.3, -0.25) is 23.5 Å². The largest absolute Gasteiger partial charge is 0.269 e. The highest BCUT2D eigenvalue weighted by Crippen LogP contribution is 2.43. The summed E-state index contributed by atoms with van der Waals surface area (Å²) in [6, 6.07) is 44.1. The van der Waals surface area contributed by atoms with E-state index in [4.69, 9.17) is 0 Å². The van der Waals surface area contributed by atoms with Gasteiger partial charge in [-0.25, -0.2) is 0 Å². The molecular weight excluding hydrogens is 1340 g/mol. The quantitative estimate of drug-likeness (QED) is 0.0169. The summed E-state index contributed by atoms with van der Waals surface area (Å²) in [4.78, 5) is 5.39. The van der Waals surface area contributed by atoms with Crippen LogP contribution in [-0.4, -0.2) is 0 Å². The molecule has 100 heavy (non-hydrogen) atoms. The number of hydrogen-bond acceptors (Lipinski definition) is 5. The third-order valence-corrected chi connectivity index (χ3v) is 24.9. The van der Waals surface area contributed by atoms with Crippen molar-refractivity contribution in [2.75, 3.05) is 0 Å². The van der Waals surface area contributed by atoms with E-state index in [0.29, 0.717) is 0 Å². The normalized spacial score (nSPS) is 22.3. The fraction of sp³-hybridized carbons (Fsp3) is 0.667. The van der Waals surface area contributed by atoms with Crippen molar-refractivity contribution < 1.29 is 23.5 Å². The molecular formula is C90H145F5S5. The van der Waals surface area contributed by atoms with Gasteiger partial charge in [-0.05, 0) is 276 Å². The van der Waals surface area contributed by atoms with Crippen LogP contribution in [0.5, 0.6) is 0 Å². The lowest BCUT2D eigenvalue weighted by molar-refractivity contribution is 0.302. The van der Waals surface area contributed by atoms with E-state index in [2.05, 4.69) is 219 Å². The van der Waals surface area contributed by atoms with Crippen molar-refractivity contribution in [3.63, 3.8) is 0 Å². The number of thiol groups is 5. The molecule has 570 valence electrons. The maximum atomic E-state index is 4.37. The Kier molecular flexibility index (Phi) is 56.0. The molecule has 10 rings (SSSR count). The van der Waals surface area contributed by atoms with E-state index in [1.165, 1.54) is 317 Å². The standard InChI is InChI=1S/5C18H28S.5FH/c5*1-2-3-4-5-6-15-7-9-16(10-8-15)17-11-13-18(19)14-12-17;;;;;/h5*11-16,19H,2-10H2,1H3;5*1H. The summed E-state index contributed by atoms with van der Waals surface area (Å²) in [6.07, 6.45) is 64.1. The molecule has 0 nitrogen and oxygen atoms in total. The SMILES string of the molecule is CCCCCCC1CCC(c2ccc(S)cc2)CC1.CCCCCCC1CCC(c2ccc(S)cc2)CC1.CCCCCCC1CCC(c2ccc(S)cc2)CC1.CCCCCCC1CCC(c2ccc(S)cc2)CC1.CCCCCCC1CCC(c2ccc(S)cc2)CC1.F.F.F.F.F. The summed E-state index contributed by atoms with van der Waals surface area (Å²) >= 11 is 21.8. The number of rotatable bonds is 30. The number of unbranched alkanes of at least 4 members (excludes halogenated alkanes) is 15. The predicted molar refractivity (Wildman–Crippen MR) is 448 cm³/mol. The summed E-state index contributed by atoms with van der Waals surface area (Å²) in [7, 11) is 0. The fourth-order valence-electron chi connectivity index (χ4n) is 17.0. The second-order valence-corrected chi connectivity index (χ2v) is 33.4. The highest BCUT2D eigenvalue weighted by molar-refractivity contribution is 7.81. The van der Waals surface area contributed by atoms with Gasteiger partial charge in [-0.2, -0.15) is 0 Å². The first kappa shape index (κ1) is 95.5. The molecule has 5 aliphatic carbocycles. The van der Waals surface area contributed by atoms with Crippen LogP contribution in [0.2, 0.25) is 0 Å². The van der Waals surface area contributed by atoms with Gasteiger partial charge < -0.3 is 0 Å². The maximum Gasteiger partial charge on any atom is 0.00401 e. The summed E-state index contributed by atoms with van der Waals surface area (Å²) in [5.41, 5.74) is 7.65. The minimum absolute atomic E-state index is 0. The van der Waals surface area contributed by atoms with Crippen molar-refractivity contribution in [1.82, 2.24) is 0 Å². The van der Waals surface area contributed by atoms with E-state index in [-0.39, 0.29) is 23.5 Å². The highest BCUT2D eigenvalue weighted by Gasteiger charge is 2.26. The Morgan fingerprint density at radius 3 is 0.440 bits per heavy atom. The Labute approximate surface area is 638 Å². The van der Waals surface area contributed by atoms with Gasteiger partial charge in [-0.1, -0.05) is 256 Å². The van der Waals surface area contributed by atoms with E-state index in [0.717, 1.165) is 83.7 Å². The first-order valence-electron chi connectivity index (χ1n) is 40.4. The molecule has 5 saturated carbocycles. The minimum atomic E-state index is 0. The topological polar surface area (TPSA) is 0 Å². The zero-order chi connectivity index (χ0) is 67.5. The van der Waals surface area contributed by atoms with Crippen LogP contribution in [0.1, 0.15) is 381 Å². The molecule has 0 atom stereocenters. The van der Waals surface area contributed by atoms with Crippen molar-refractivity contribution in [3.05, 3.63) is 149 Å². The molecule has 0 aliphatic heterocycles. The summed E-state index contributed by atoms with van der Waals surface area (Å²) in [5.74, 6) is 9.09. The van der Waals surface area contributed by atoms with E-state index >= 15 is 0 Å². The van der Waals surface area contributed by atoms with Crippen LogP contribution in [0, 0.1) is 29.6 Å². The van der Waals surface area contributed by atoms with Gasteiger partial charge in [0, 0.05) is 24.5 Å². The van der Waals surface area contributed by atoms with Crippen LogP contribution in [0.4, 0.5) is 23.5 Å². The van der Waals surface area contributed by atoms with Crippen LogP contribution in [-0.2, 0) is 0 Å². The molecule has 0 radical (unpaired) electrons. The van der Waals surface area contributed by atoms with Crippen LogP contribution < -0.4 is 0 Å². The van der Waals surface area contributed by atoms with Crippen LogP contribution in [0.15, 0.2) is 146 Å². The third-order valence-electron chi connectivity index (χ3n) is 23.4. The summed E-state index contributed by atoms with van der Waals surface area (Å²) in [6.45, 7) is 11.5. The molecule has 0 amide bonds. The third kappa shape index (κ3) is 39.2. The summed E-state index contributed by atoms with van der Waals surface area (Å²) in [5, 5.41) is 0. The molecule has 0 aromatic heterocycles. The molecule has 0 spiro atoms. The second kappa shape index (κ2) is 58.6. The lowest BCUT2D eigenvalue weighted by atomic mass is 9.77. The van der Waals surface area contributed by atoms with Crippen molar-refractivity contribution in [3.8, 4) is 0 Å². The van der Waals surface area contributed by atoms with Gasteiger partial charge in [0.25, 0.3) is 0 Å². The van der Waals surface area contributed by atoms with E-state index in [1.54, 1.807) is 0 Å². The Balaban J connectivity index is 0.000000617. The summed E-state index contributed by atoms with van der Waals surface area (Å²) < 4.78 is 0. The monoisotopic (exact) mass is 1480 g/mol. The van der Waals surface area contributed by atoms with E-state index in [1.807, 2.05) is 0 Å². The molecule has 5 aromatic rings. The van der Waals surface area contributed by atoms with E-state index in [9.17, 15) is 0 Å². The van der Waals surface area contributed by atoms with Crippen molar-refractivity contribution in [2.24, 2.45) is 29.6 Å². The fourth-order valence-corrected chi connectivity index (χ4v) is 17.7. The first-order valence-corrected chi connectivity index (χ1v) is 42.6. The van der Waals surface area contributed by atoms with Gasteiger partial charge in [0.2, 0.25) is 0 Å². The Hall–Kier alpha value is -2.50. The molecule has 0 unspecified atom stereocenters. The number of benzene rings is 5. The van der Waals surface area contributed by atoms with Gasteiger partial charge >= 0.3 is 0 Å². The maximum absolute atomic E-state index is 4.37. The van der Waals surface area contributed by atoms with Gasteiger partial charge in [0.05, 0.1) is 0 Å². The molecule has 5 fully saturated rings. The van der Waals surface area contributed by atoms with Crippen LogP contribution in [0.25, 0.3) is 0 Å².